The van der Waals surface area contributed by atoms with Crippen LogP contribution in [-0.2, 0) is 4.79 Å². The first-order valence-corrected chi connectivity index (χ1v) is 8.82. The van der Waals surface area contributed by atoms with E-state index < -0.39 is 0 Å². The fraction of sp³-hybridized carbons (Fsp3) is 0.556. The summed E-state index contributed by atoms with van der Waals surface area (Å²) in [7, 11) is 0. The van der Waals surface area contributed by atoms with Gasteiger partial charge < -0.3 is 9.42 Å². The van der Waals surface area contributed by atoms with Gasteiger partial charge in [-0.15, -0.1) is 0 Å². The quantitative estimate of drug-likeness (QED) is 0.844. The molecule has 1 saturated carbocycles. The highest BCUT2D eigenvalue weighted by Crippen LogP contribution is 2.31. The van der Waals surface area contributed by atoms with Crippen molar-refractivity contribution < 1.29 is 9.32 Å². The molecule has 1 amide bonds. The number of hydrogen-bond acceptors (Lipinski definition) is 5. The van der Waals surface area contributed by atoms with E-state index in [9.17, 15) is 4.79 Å². The molecule has 24 heavy (non-hydrogen) atoms. The Balaban J connectivity index is 1.28. The van der Waals surface area contributed by atoms with Crippen LogP contribution in [0.3, 0.4) is 0 Å². The molecule has 1 aliphatic heterocycles. The van der Waals surface area contributed by atoms with E-state index >= 15 is 0 Å². The van der Waals surface area contributed by atoms with Gasteiger partial charge in [-0.3, -0.25) is 9.78 Å². The smallest absolute Gasteiger partial charge is 0.233 e. The monoisotopic (exact) mass is 326 g/mol. The van der Waals surface area contributed by atoms with Crippen molar-refractivity contribution in [3.63, 3.8) is 0 Å². The summed E-state index contributed by atoms with van der Waals surface area (Å²) in [6.07, 6.45) is 8.70. The van der Waals surface area contributed by atoms with Gasteiger partial charge in [0.05, 0.1) is 5.92 Å². The molecular weight excluding hydrogens is 304 g/mol. The van der Waals surface area contributed by atoms with Gasteiger partial charge in [-0.1, -0.05) is 36.9 Å². The molecule has 2 fully saturated rings. The maximum atomic E-state index is 12.2. The zero-order chi connectivity index (χ0) is 16.4. The molecule has 0 aromatic carbocycles. The van der Waals surface area contributed by atoms with E-state index in [-0.39, 0.29) is 11.8 Å². The van der Waals surface area contributed by atoms with Crippen LogP contribution in [0.5, 0.6) is 0 Å². The third-order valence-corrected chi connectivity index (χ3v) is 5.16. The van der Waals surface area contributed by atoms with Gasteiger partial charge in [-0.25, -0.2) is 0 Å². The summed E-state index contributed by atoms with van der Waals surface area (Å²) in [5.41, 5.74) is 0.705. The molecule has 2 aromatic rings. The van der Waals surface area contributed by atoms with Gasteiger partial charge in [0.15, 0.2) is 0 Å². The molecule has 3 heterocycles. The summed E-state index contributed by atoms with van der Waals surface area (Å²) < 4.78 is 5.35. The van der Waals surface area contributed by atoms with Crippen molar-refractivity contribution in [1.29, 1.82) is 0 Å². The zero-order valence-electron chi connectivity index (χ0n) is 13.7. The van der Waals surface area contributed by atoms with E-state index in [1.807, 2.05) is 23.1 Å². The van der Waals surface area contributed by atoms with Gasteiger partial charge in [0, 0.05) is 25.7 Å². The number of amides is 1. The summed E-state index contributed by atoms with van der Waals surface area (Å²) in [5.74, 6) is 2.31. The number of rotatable bonds is 5. The molecule has 6 heteroatoms. The van der Waals surface area contributed by atoms with Crippen molar-refractivity contribution in [3.05, 3.63) is 30.3 Å². The summed E-state index contributed by atoms with van der Waals surface area (Å²) in [6, 6.07) is 5.60. The van der Waals surface area contributed by atoms with Gasteiger partial charge in [0.1, 0.15) is 5.69 Å². The Morgan fingerprint density at radius 2 is 2.08 bits per heavy atom. The van der Waals surface area contributed by atoms with Crippen LogP contribution in [0.1, 0.15) is 50.3 Å². The van der Waals surface area contributed by atoms with Gasteiger partial charge in [0.2, 0.25) is 17.6 Å². The van der Waals surface area contributed by atoms with E-state index in [0.29, 0.717) is 36.9 Å². The van der Waals surface area contributed by atoms with Crippen LogP contribution < -0.4 is 0 Å². The molecule has 0 bridgehead atoms. The predicted molar refractivity (Wildman–Crippen MR) is 88.0 cm³/mol. The molecule has 126 valence electrons. The van der Waals surface area contributed by atoms with Crippen LogP contribution in [0.25, 0.3) is 11.5 Å². The standard InChI is InChI=1S/C18H22N4O2/c23-16(9-8-13-5-1-2-6-13)22-11-14(12-22)18-20-17(21-24-18)15-7-3-4-10-19-15/h3-4,7,10,13-14H,1-2,5-6,8-9,11-12H2. The van der Waals surface area contributed by atoms with E-state index in [1.54, 1.807) is 6.20 Å². The largest absolute Gasteiger partial charge is 0.341 e. The highest BCUT2D eigenvalue weighted by Gasteiger charge is 2.35. The first kappa shape index (κ1) is 15.3. The second-order valence-corrected chi connectivity index (χ2v) is 6.86. The topological polar surface area (TPSA) is 72.1 Å². The Bertz CT molecular complexity index is 688. The first-order valence-electron chi connectivity index (χ1n) is 8.82. The maximum Gasteiger partial charge on any atom is 0.233 e. The minimum absolute atomic E-state index is 0.158. The number of carbonyl (C=O) groups excluding carboxylic acids is 1. The average Bonchev–Trinajstić information content (AvgIpc) is 3.24. The van der Waals surface area contributed by atoms with Crippen molar-refractivity contribution in [2.45, 2.75) is 44.4 Å². The van der Waals surface area contributed by atoms with E-state index in [4.69, 9.17) is 4.52 Å². The average molecular weight is 326 g/mol. The number of nitrogens with zero attached hydrogens (tertiary/aromatic N) is 4. The normalized spacial score (nSPS) is 18.8. The Morgan fingerprint density at radius 1 is 1.25 bits per heavy atom. The molecule has 0 radical (unpaired) electrons. The molecule has 2 aromatic heterocycles. The fourth-order valence-corrected chi connectivity index (χ4v) is 3.62. The third kappa shape index (κ3) is 3.18. The lowest BCUT2D eigenvalue weighted by Crippen LogP contribution is -2.48. The molecule has 4 rings (SSSR count). The predicted octanol–water partition coefficient (Wildman–Crippen LogP) is 3.03. The van der Waals surface area contributed by atoms with Crippen LogP contribution in [0, 0.1) is 5.92 Å². The fourth-order valence-electron chi connectivity index (χ4n) is 3.62. The Hall–Kier alpha value is -2.24. The molecule has 0 atom stereocenters. The third-order valence-electron chi connectivity index (χ3n) is 5.16. The van der Waals surface area contributed by atoms with E-state index in [2.05, 4.69) is 15.1 Å². The highest BCUT2D eigenvalue weighted by atomic mass is 16.5. The van der Waals surface area contributed by atoms with Gasteiger partial charge in [-0.2, -0.15) is 4.98 Å². The van der Waals surface area contributed by atoms with Crippen molar-refractivity contribution in [1.82, 2.24) is 20.0 Å². The molecule has 1 aliphatic carbocycles. The van der Waals surface area contributed by atoms with Gasteiger partial charge in [-0.05, 0) is 24.5 Å². The second kappa shape index (κ2) is 6.71. The van der Waals surface area contributed by atoms with Crippen molar-refractivity contribution in [2.24, 2.45) is 5.92 Å². The zero-order valence-corrected chi connectivity index (χ0v) is 13.7. The SMILES string of the molecule is O=C(CCC1CCCC1)N1CC(c2nc(-c3ccccn3)no2)C1. The molecule has 1 saturated heterocycles. The van der Waals surface area contributed by atoms with Crippen molar-refractivity contribution >= 4 is 5.91 Å². The summed E-state index contributed by atoms with van der Waals surface area (Å²) in [6.45, 7) is 1.38. The lowest BCUT2D eigenvalue weighted by molar-refractivity contribution is -0.136. The molecule has 6 nitrogen and oxygen atoms in total. The molecular formula is C18H22N4O2. The molecule has 0 spiro atoms. The lowest BCUT2D eigenvalue weighted by atomic mass is 9.97. The first-order chi connectivity index (χ1) is 11.8. The number of hydrogen-bond donors (Lipinski definition) is 0. The van der Waals surface area contributed by atoms with Gasteiger partial charge in [0.25, 0.3) is 0 Å². The Morgan fingerprint density at radius 3 is 2.83 bits per heavy atom. The Kier molecular flexibility index (Phi) is 4.28. The number of likely N-dealkylation sites (tertiary alicyclic amines) is 1. The Labute approximate surface area is 141 Å². The summed E-state index contributed by atoms with van der Waals surface area (Å²) >= 11 is 0. The molecule has 0 N–H and O–H groups in total. The number of aromatic nitrogens is 3. The number of carbonyl (C=O) groups is 1. The van der Waals surface area contributed by atoms with Crippen molar-refractivity contribution in [3.8, 4) is 11.5 Å². The van der Waals surface area contributed by atoms with Crippen LogP contribution in [0.2, 0.25) is 0 Å². The highest BCUT2D eigenvalue weighted by molar-refractivity contribution is 5.77. The minimum Gasteiger partial charge on any atom is -0.341 e. The number of pyridine rings is 1. The van der Waals surface area contributed by atoms with Crippen LogP contribution in [0.15, 0.2) is 28.9 Å². The van der Waals surface area contributed by atoms with Gasteiger partial charge >= 0.3 is 0 Å². The summed E-state index contributed by atoms with van der Waals surface area (Å²) in [4.78, 5) is 22.8. The summed E-state index contributed by atoms with van der Waals surface area (Å²) in [5, 5.41) is 4.00. The molecule has 0 unspecified atom stereocenters. The van der Waals surface area contributed by atoms with E-state index in [1.165, 1.54) is 25.7 Å². The van der Waals surface area contributed by atoms with Crippen LogP contribution in [-0.4, -0.2) is 39.0 Å². The van der Waals surface area contributed by atoms with Crippen LogP contribution in [0.4, 0.5) is 0 Å². The van der Waals surface area contributed by atoms with E-state index in [0.717, 1.165) is 12.3 Å². The maximum absolute atomic E-state index is 12.2. The molecule has 2 aliphatic rings. The minimum atomic E-state index is 0.158. The van der Waals surface area contributed by atoms with Crippen molar-refractivity contribution in [2.75, 3.05) is 13.1 Å². The lowest BCUT2D eigenvalue weighted by Gasteiger charge is -2.37. The second-order valence-electron chi connectivity index (χ2n) is 6.86. The van der Waals surface area contributed by atoms with Crippen LogP contribution >= 0.6 is 0 Å².